The first-order valence-corrected chi connectivity index (χ1v) is 11.6. The van der Waals surface area contributed by atoms with Crippen LogP contribution in [-0.2, 0) is 11.2 Å². The number of nitrogens with one attached hydrogen (secondary N) is 2. The Morgan fingerprint density at radius 2 is 2.11 bits per heavy atom. The molecule has 35 heavy (non-hydrogen) atoms. The van der Waals surface area contributed by atoms with Crippen LogP contribution in [0.5, 0.6) is 5.88 Å². The first kappa shape index (κ1) is 22.9. The number of amides is 2. The Balaban J connectivity index is 1.44. The molecule has 2 unspecified atom stereocenters. The second kappa shape index (κ2) is 9.38. The predicted molar refractivity (Wildman–Crippen MR) is 130 cm³/mol. The molecule has 0 radical (unpaired) electrons. The summed E-state index contributed by atoms with van der Waals surface area (Å²) in [6.45, 7) is 0.407. The van der Waals surface area contributed by atoms with Crippen LogP contribution < -0.4 is 10.5 Å². The number of piperidine rings is 1. The minimum atomic E-state index is -0.341. The maximum atomic E-state index is 13.6. The molecule has 4 aromatic rings. The number of rotatable bonds is 6. The summed E-state index contributed by atoms with van der Waals surface area (Å²) in [4.78, 5) is 31.4. The van der Waals surface area contributed by atoms with Crippen LogP contribution in [0.25, 0.3) is 22.2 Å². The number of ether oxygens (including phenoxy) is 1. The van der Waals surface area contributed by atoms with Crippen molar-refractivity contribution < 1.29 is 14.3 Å². The van der Waals surface area contributed by atoms with E-state index >= 15 is 0 Å². The Morgan fingerprint density at radius 3 is 2.91 bits per heavy atom. The van der Waals surface area contributed by atoms with Gasteiger partial charge in [0, 0.05) is 35.5 Å². The van der Waals surface area contributed by atoms with E-state index in [9.17, 15) is 9.59 Å². The van der Waals surface area contributed by atoms with E-state index in [1.54, 1.807) is 23.2 Å². The summed E-state index contributed by atoms with van der Waals surface area (Å²) in [7, 11) is 1.52. The van der Waals surface area contributed by atoms with Crippen molar-refractivity contribution in [3.05, 3.63) is 59.0 Å². The highest BCUT2D eigenvalue weighted by Gasteiger charge is 2.35. The molecule has 2 amide bonds. The average molecular weight is 494 g/mol. The van der Waals surface area contributed by atoms with Crippen LogP contribution in [0.2, 0.25) is 5.02 Å². The number of nitrogens with two attached hydrogens (primary N) is 1. The number of hydrogen-bond acceptors (Lipinski definition) is 6. The Bertz CT molecular complexity index is 1400. The van der Waals surface area contributed by atoms with E-state index in [0.29, 0.717) is 48.0 Å². The van der Waals surface area contributed by atoms with E-state index in [2.05, 4.69) is 25.4 Å². The number of nitrogens with zero attached hydrogens (tertiary/aromatic N) is 4. The van der Waals surface area contributed by atoms with Gasteiger partial charge in [-0.15, -0.1) is 0 Å². The van der Waals surface area contributed by atoms with Crippen LogP contribution in [0, 0.1) is 5.92 Å². The fourth-order valence-electron chi connectivity index (χ4n) is 4.69. The normalized spacial score (nSPS) is 18.1. The lowest BCUT2D eigenvalue weighted by atomic mass is 9.86. The van der Waals surface area contributed by atoms with Gasteiger partial charge in [0.05, 0.1) is 35.7 Å². The predicted octanol–water partition coefficient (Wildman–Crippen LogP) is 2.96. The molecule has 1 saturated heterocycles. The standard InChI is InChI=1S/C24H24ClN7O3/c1-35-22-9-16(18(25)12-27-22)20-10-21(31-30-20)24(34)32-6-5-14(23(26)33)8-15(32)7-13-3-2-4-19-17(13)11-28-29-19/h2-4,9-12,14-15H,5-8H2,1H3,(H2,26,33)(H,28,29)(H,30,31). The van der Waals surface area contributed by atoms with Crippen LogP contribution in [0.4, 0.5) is 0 Å². The number of primary amides is 1. The lowest BCUT2D eigenvalue weighted by Crippen LogP contribution is -2.49. The van der Waals surface area contributed by atoms with Gasteiger partial charge in [-0.25, -0.2) is 4.98 Å². The Hall–Kier alpha value is -3.92. The van der Waals surface area contributed by atoms with Crippen molar-refractivity contribution in [2.45, 2.75) is 25.3 Å². The lowest BCUT2D eigenvalue weighted by Gasteiger charge is -2.38. The largest absolute Gasteiger partial charge is 0.481 e. The van der Waals surface area contributed by atoms with Gasteiger partial charge in [-0.2, -0.15) is 10.2 Å². The van der Waals surface area contributed by atoms with Crippen LogP contribution >= 0.6 is 11.6 Å². The van der Waals surface area contributed by atoms with E-state index in [4.69, 9.17) is 22.1 Å². The van der Waals surface area contributed by atoms with Gasteiger partial charge < -0.3 is 15.4 Å². The van der Waals surface area contributed by atoms with Gasteiger partial charge in [-0.3, -0.25) is 19.8 Å². The third-order valence-electron chi connectivity index (χ3n) is 6.54. The monoisotopic (exact) mass is 493 g/mol. The van der Waals surface area contributed by atoms with Crippen LogP contribution in [0.15, 0.2) is 42.7 Å². The van der Waals surface area contributed by atoms with Gasteiger partial charge in [-0.1, -0.05) is 23.7 Å². The van der Waals surface area contributed by atoms with E-state index in [1.165, 1.54) is 13.3 Å². The highest BCUT2D eigenvalue weighted by Crippen LogP contribution is 2.31. The third-order valence-corrected chi connectivity index (χ3v) is 6.84. The van der Waals surface area contributed by atoms with Crippen molar-refractivity contribution in [3.63, 3.8) is 0 Å². The van der Waals surface area contributed by atoms with E-state index < -0.39 is 0 Å². The molecule has 2 atom stereocenters. The molecule has 0 spiro atoms. The minimum Gasteiger partial charge on any atom is -0.481 e. The molecule has 3 aromatic heterocycles. The first-order valence-electron chi connectivity index (χ1n) is 11.2. The van der Waals surface area contributed by atoms with Crippen molar-refractivity contribution in [1.29, 1.82) is 0 Å². The number of carbonyl (C=O) groups excluding carboxylic acids is 2. The third kappa shape index (κ3) is 4.44. The van der Waals surface area contributed by atoms with Crippen LogP contribution in [0.1, 0.15) is 28.9 Å². The lowest BCUT2D eigenvalue weighted by molar-refractivity contribution is -0.123. The number of pyridine rings is 1. The highest BCUT2D eigenvalue weighted by atomic mass is 35.5. The molecule has 0 bridgehead atoms. The fourth-order valence-corrected chi connectivity index (χ4v) is 4.89. The number of aromatic amines is 2. The van der Waals surface area contributed by atoms with E-state index in [0.717, 1.165) is 16.5 Å². The number of methoxy groups -OCH3 is 1. The van der Waals surface area contributed by atoms with Gasteiger partial charge in [0.2, 0.25) is 11.8 Å². The summed E-state index contributed by atoms with van der Waals surface area (Å²) in [5, 5.41) is 15.7. The van der Waals surface area contributed by atoms with Crippen molar-refractivity contribution in [2.75, 3.05) is 13.7 Å². The molecular weight excluding hydrogens is 470 g/mol. The number of carbonyl (C=O) groups is 2. The number of H-pyrrole nitrogens is 2. The summed E-state index contributed by atoms with van der Waals surface area (Å²) in [5.41, 5.74) is 9.06. The minimum absolute atomic E-state index is 0.223. The number of aromatic nitrogens is 5. The van der Waals surface area contributed by atoms with Crippen molar-refractivity contribution in [1.82, 2.24) is 30.3 Å². The van der Waals surface area contributed by atoms with Gasteiger partial charge >= 0.3 is 0 Å². The molecule has 1 aromatic carbocycles. The average Bonchev–Trinajstić information content (AvgIpc) is 3.54. The zero-order chi connectivity index (χ0) is 24.5. The summed E-state index contributed by atoms with van der Waals surface area (Å²) >= 11 is 6.31. The van der Waals surface area contributed by atoms with Crippen LogP contribution in [0.3, 0.4) is 0 Å². The molecule has 0 aliphatic carbocycles. The quantitative estimate of drug-likeness (QED) is 0.377. The van der Waals surface area contributed by atoms with Gasteiger partial charge in [0.1, 0.15) is 0 Å². The summed E-state index contributed by atoms with van der Waals surface area (Å²) < 4.78 is 5.18. The molecule has 1 fully saturated rings. The van der Waals surface area contributed by atoms with Gasteiger partial charge in [0.25, 0.3) is 5.91 Å². The number of fused-ring (bicyclic) bond motifs is 1. The van der Waals surface area contributed by atoms with Crippen LogP contribution in [-0.4, -0.2) is 61.8 Å². The summed E-state index contributed by atoms with van der Waals surface area (Å²) in [6, 6.07) is 9.03. The van der Waals surface area contributed by atoms with Crippen molar-refractivity contribution in [2.24, 2.45) is 11.7 Å². The molecule has 5 rings (SSSR count). The molecule has 180 valence electrons. The number of halogens is 1. The molecule has 1 aliphatic rings. The smallest absolute Gasteiger partial charge is 0.274 e. The Labute approximate surface area is 205 Å². The van der Waals surface area contributed by atoms with E-state index in [-0.39, 0.29) is 29.5 Å². The fraction of sp³-hybridized carbons (Fsp3) is 0.292. The molecule has 4 heterocycles. The second-order valence-corrected chi connectivity index (χ2v) is 9.01. The zero-order valence-electron chi connectivity index (χ0n) is 19.0. The van der Waals surface area contributed by atoms with Gasteiger partial charge in [-0.05, 0) is 37.0 Å². The topological polar surface area (TPSA) is 143 Å². The highest BCUT2D eigenvalue weighted by molar-refractivity contribution is 6.33. The van der Waals surface area contributed by atoms with Crippen molar-refractivity contribution in [3.8, 4) is 17.1 Å². The number of likely N-dealkylation sites (tertiary alicyclic amines) is 1. The van der Waals surface area contributed by atoms with E-state index in [1.807, 2.05) is 18.2 Å². The molecule has 1 aliphatic heterocycles. The zero-order valence-corrected chi connectivity index (χ0v) is 19.7. The van der Waals surface area contributed by atoms with Gasteiger partial charge in [0.15, 0.2) is 5.69 Å². The summed E-state index contributed by atoms with van der Waals surface area (Å²) in [5.74, 6) is -0.455. The number of benzene rings is 1. The molecular formula is C24H24ClN7O3. The summed E-state index contributed by atoms with van der Waals surface area (Å²) in [6.07, 6.45) is 4.83. The molecule has 0 saturated carbocycles. The first-order chi connectivity index (χ1) is 16.9. The second-order valence-electron chi connectivity index (χ2n) is 8.60. The maximum Gasteiger partial charge on any atom is 0.274 e. The molecule has 4 N–H and O–H groups in total. The maximum absolute atomic E-state index is 13.6. The molecule has 11 heteroatoms. The number of hydrogen-bond donors (Lipinski definition) is 3. The Kier molecular flexibility index (Phi) is 6.12. The molecule has 10 nitrogen and oxygen atoms in total. The Morgan fingerprint density at radius 1 is 1.26 bits per heavy atom. The van der Waals surface area contributed by atoms with Crippen molar-refractivity contribution >= 4 is 34.3 Å². The SMILES string of the molecule is COc1cc(-c2cc(C(=O)N3CCC(C(N)=O)CC3Cc3cccc4[nH]ncc34)n[nH]2)c(Cl)cn1.